The monoisotopic (exact) mass is 511 g/mol. The van der Waals surface area contributed by atoms with Crippen molar-refractivity contribution in [1.29, 1.82) is 0 Å². The number of aryl methyl sites for hydroxylation is 1. The zero-order chi connectivity index (χ0) is 26.2. The van der Waals surface area contributed by atoms with Gasteiger partial charge in [-0.1, -0.05) is 0 Å². The molecule has 0 amide bonds. The molecule has 3 atom stereocenters. The average molecular weight is 511 g/mol. The van der Waals surface area contributed by atoms with Crippen molar-refractivity contribution in [3.63, 3.8) is 0 Å². The van der Waals surface area contributed by atoms with Crippen LogP contribution >= 0.6 is 0 Å². The van der Waals surface area contributed by atoms with Crippen molar-refractivity contribution in [3.05, 3.63) is 52.9 Å². The highest BCUT2D eigenvalue weighted by atomic mass is 19.4. The maximum absolute atomic E-state index is 14.7. The van der Waals surface area contributed by atoms with Crippen LogP contribution in [0.2, 0.25) is 0 Å². The molecule has 1 fully saturated rings. The lowest BCUT2D eigenvalue weighted by atomic mass is 10.0. The van der Waals surface area contributed by atoms with E-state index in [1.54, 1.807) is 19.1 Å². The van der Waals surface area contributed by atoms with Crippen LogP contribution < -0.4 is 14.8 Å². The maximum atomic E-state index is 14.7. The van der Waals surface area contributed by atoms with E-state index >= 15 is 0 Å². The second kappa shape index (κ2) is 10.0. The highest BCUT2D eigenvalue weighted by Gasteiger charge is 2.36. The first-order chi connectivity index (χ1) is 17.0. The summed E-state index contributed by atoms with van der Waals surface area (Å²) in [5, 5.41) is 3.38. The Balaban J connectivity index is 1.73. The predicted molar refractivity (Wildman–Crippen MR) is 123 cm³/mol. The molecule has 1 N–H and O–H groups in total. The Morgan fingerprint density at radius 3 is 2.47 bits per heavy atom. The van der Waals surface area contributed by atoms with E-state index in [2.05, 4.69) is 15.3 Å². The van der Waals surface area contributed by atoms with Gasteiger partial charge in [-0.2, -0.15) is 13.2 Å². The highest BCUT2D eigenvalue weighted by molar-refractivity contribution is 5.92. The molecule has 0 bridgehead atoms. The van der Waals surface area contributed by atoms with Crippen molar-refractivity contribution in [3.8, 4) is 11.5 Å². The van der Waals surface area contributed by atoms with E-state index in [4.69, 9.17) is 14.2 Å². The molecule has 0 saturated carbocycles. The number of fused-ring (bicyclic) bond motifs is 1. The zero-order valence-electron chi connectivity index (χ0n) is 20.2. The van der Waals surface area contributed by atoms with Crippen molar-refractivity contribution in [2.75, 3.05) is 19.0 Å². The zero-order valence-corrected chi connectivity index (χ0v) is 20.2. The molecule has 0 aliphatic carbocycles. The van der Waals surface area contributed by atoms with Crippen LogP contribution in [0.3, 0.4) is 0 Å². The molecule has 4 rings (SSSR count). The van der Waals surface area contributed by atoms with Gasteiger partial charge in [-0.3, -0.25) is 0 Å². The summed E-state index contributed by atoms with van der Waals surface area (Å²) in [6.07, 6.45) is -3.58. The van der Waals surface area contributed by atoms with Gasteiger partial charge in [0, 0.05) is 23.6 Å². The Morgan fingerprint density at radius 2 is 1.83 bits per heavy atom. The highest BCUT2D eigenvalue weighted by Crippen LogP contribution is 2.38. The lowest BCUT2D eigenvalue weighted by molar-refractivity contribution is -0.140. The standard InChI is InChI=1S/C25H26F5N3O3/c1-12(16-8-15(26)9-18(23(16)27)25(28,29)30)31-24-17-10-22(36-13(2)20-6-5-7-35-20)21(34-4)11-19(17)32-14(3)33-24/h8-13,20H,5-7H2,1-4H3,(H,31,32,33)/t12-,13?,20+/m1/s1. The van der Waals surface area contributed by atoms with E-state index < -0.39 is 35.0 Å². The van der Waals surface area contributed by atoms with Crippen molar-refractivity contribution in [1.82, 2.24) is 9.97 Å². The lowest BCUT2D eigenvalue weighted by Gasteiger charge is -2.23. The number of nitrogens with zero attached hydrogens (tertiary/aromatic N) is 2. The maximum Gasteiger partial charge on any atom is 0.419 e. The number of alkyl halides is 3. The molecule has 0 spiro atoms. The molecule has 194 valence electrons. The number of hydrogen-bond acceptors (Lipinski definition) is 6. The molecule has 2 heterocycles. The third kappa shape index (κ3) is 5.30. The number of methoxy groups -OCH3 is 1. The molecule has 3 aromatic rings. The molecule has 36 heavy (non-hydrogen) atoms. The van der Waals surface area contributed by atoms with Crippen molar-refractivity contribution >= 4 is 16.7 Å². The van der Waals surface area contributed by atoms with Crippen LogP contribution in [0.15, 0.2) is 24.3 Å². The van der Waals surface area contributed by atoms with Crippen LogP contribution in [-0.4, -0.2) is 35.9 Å². The minimum atomic E-state index is -5.04. The number of halogens is 5. The van der Waals surface area contributed by atoms with Gasteiger partial charge in [0.05, 0.1) is 30.3 Å². The molecule has 0 radical (unpaired) electrons. The molecule has 6 nitrogen and oxygen atoms in total. The first kappa shape index (κ1) is 25.9. The summed E-state index contributed by atoms with van der Waals surface area (Å²) < 4.78 is 85.6. The summed E-state index contributed by atoms with van der Waals surface area (Å²) in [6, 6.07) is 3.12. The van der Waals surface area contributed by atoms with Gasteiger partial charge < -0.3 is 19.5 Å². The van der Waals surface area contributed by atoms with E-state index in [1.165, 1.54) is 14.0 Å². The van der Waals surface area contributed by atoms with Gasteiger partial charge in [0.15, 0.2) is 11.5 Å². The van der Waals surface area contributed by atoms with Gasteiger partial charge in [0.1, 0.15) is 29.4 Å². The summed E-state index contributed by atoms with van der Waals surface area (Å²) in [7, 11) is 1.49. The smallest absolute Gasteiger partial charge is 0.419 e. The molecule has 1 unspecified atom stereocenters. The second-order valence-electron chi connectivity index (χ2n) is 8.73. The van der Waals surface area contributed by atoms with Crippen LogP contribution in [0.5, 0.6) is 11.5 Å². The number of anilines is 1. The SMILES string of the molecule is COc1cc2nc(C)nc(N[C@H](C)c3cc(F)cc(C(F)(F)F)c3F)c2cc1OC(C)[C@@H]1CCCO1. The van der Waals surface area contributed by atoms with E-state index in [0.717, 1.165) is 18.9 Å². The fraction of sp³-hybridized carbons (Fsp3) is 0.440. The number of aromatic nitrogens is 2. The third-order valence-electron chi connectivity index (χ3n) is 6.08. The Hall–Kier alpha value is -3.21. The van der Waals surface area contributed by atoms with Gasteiger partial charge in [0.2, 0.25) is 0 Å². The fourth-order valence-corrected chi connectivity index (χ4v) is 4.28. The summed E-state index contributed by atoms with van der Waals surface area (Å²) in [5.41, 5.74) is -1.68. The van der Waals surface area contributed by atoms with Crippen LogP contribution in [0.25, 0.3) is 10.9 Å². The van der Waals surface area contributed by atoms with E-state index in [-0.39, 0.29) is 24.1 Å². The van der Waals surface area contributed by atoms with Crippen LogP contribution in [0.4, 0.5) is 27.8 Å². The Morgan fingerprint density at radius 1 is 1.08 bits per heavy atom. The Kier molecular flexibility index (Phi) is 7.21. The fourth-order valence-electron chi connectivity index (χ4n) is 4.28. The van der Waals surface area contributed by atoms with Crippen molar-refractivity contribution < 1.29 is 36.2 Å². The quantitative estimate of drug-likeness (QED) is 0.372. The Labute approximate surface area is 204 Å². The molecule has 11 heteroatoms. The third-order valence-corrected chi connectivity index (χ3v) is 6.08. The summed E-state index contributed by atoms with van der Waals surface area (Å²) in [5.74, 6) is -1.34. The largest absolute Gasteiger partial charge is 0.493 e. The molecule has 2 aromatic carbocycles. The summed E-state index contributed by atoms with van der Waals surface area (Å²) >= 11 is 0. The number of benzene rings is 2. The van der Waals surface area contributed by atoms with Gasteiger partial charge in [-0.25, -0.2) is 18.7 Å². The molecule has 1 aliphatic rings. The van der Waals surface area contributed by atoms with E-state index in [1.807, 2.05) is 6.92 Å². The van der Waals surface area contributed by atoms with Crippen molar-refractivity contribution in [2.45, 2.75) is 58.0 Å². The number of nitrogens with one attached hydrogen (secondary N) is 1. The molecular formula is C25H26F5N3O3. The van der Waals surface area contributed by atoms with Gasteiger partial charge in [0.25, 0.3) is 0 Å². The molecule has 1 aromatic heterocycles. The predicted octanol–water partition coefficient (Wildman–Crippen LogP) is 6.36. The minimum Gasteiger partial charge on any atom is -0.493 e. The summed E-state index contributed by atoms with van der Waals surface area (Å²) in [6.45, 7) is 5.61. The summed E-state index contributed by atoms with van der Waals surface area (Å²) in [4.78, 5) is 8.77. The molecular weight excluding hydrogens is 485 g/mol. The Bertz CT molecular complexity index is 1260. The van der Waals surface area contributed by atoms with Gasteiger partial charge in [-0.15, -0.1) is 0 Å². The minimum absolute atomic E-state index is 0.0731. The van der Waals surface area contributed by atoms with Gasteiger partial charge >= 0.3 is 6.18 Å². The average Bonchev–Trinajstić information content (AvgIpc) is 3.34. The van der Waals surface area contributed by atoms with Gasteiger partial charge in [-0.05, 0) is 51.8 Å². The topological polar surface area (TPSA) is 65.5 Å². The second-order valence-corrected chi connectivity index (χ2v) is 8.73. The molecule has 1 saturated heterocycles. The van der Waals surface area contributed by atoms with E-state index in [0.29, 0.717) is 34.8 Å². The number of rotatable bonds is 7. The number of ether oxygens (including phenoxy) is 3. The normalized spacial score (nSPS) is 17.8. The van der Waals surface area contributed by atoms with E-state index in [9.17, 15) is 22.0 Å². The first-order valence-electron chi connectivity index (χ1n) is 11.4. The van der Waals surface area contributed by atoms with Crippen LogP contribution in [-0.2, 0) is 10.9 Å². The lowest BCUT2D eigenvalue weighted by Crippen LogP contribution is -2.28. The number of hydrogen-bond donors (Lipinski definition) is 1. The van der Waals surface area contributed by atoms with Crippen molar-refractivity contribution in [2.24, 2.45) is 0 Å². The first-order valence-corrected chi connectivity index (χ1v) is 11.4. The van der Waals surface area contributed by atoms with Crippen LogP contribution in [0.1, 0.15) is 49.7 Å². The molecule has 1 aliphatic heterocycles. The van der Waals surface area contributed by atoms with Crippen LogP contribution in [0, 0.1) is 18.6 Å².